The van der Waals surface area contributed by atoms with Crippen LogP contribution in [0.25, 0.3) is 0 Å². The van der Waals surface area contributed by atoms with Crippen LogP contribution in [0, 0.1) is 0 Å². The van der Waals surface area contributed by atoms with Gasteiger partial charge in [-0.1, -0.05) is 26.0 Å². The summed E-state index contributed by atoms with van der Waals surface area (Å²) >= 11 is 0. The second-order valence-corrected chi connectivity index (χ2v) is 5.57. The van der Waals surface area contributed by atoms with E-state index in [1.807, 2.05) is 7.05 Å². The Balaban J connectivity index is 2.01. The fourth-order valence-corrected chi connectivity index (χ4v) is 2.74. The zero-order valence-corrected chi connectivity index (χ0v) is 11.0. The summed E-state index contributed by atoms with van der Waals surface area (Å²) in [4.78, 5) is 13.4. The van der Waals surface area contributed by atoms with E-state index in [1.165, 1.54) is 5.56 Å². The van der Waals surface area contributed by atoms with Gasteiger partial charge in [0.25, 0.3) is 0 Å². The van der Waals surface area contributed by atoms with Gasteiger partial charge in [0.1, 0.15) is 17.9 Å². The summed E-state index contributed by atoms with van der Waals surface area (Å²) in [7, 11) is 1.81. The molecule has 0 unspecified atom stereocenters. The van der Waals surface area contributed by atoms with Gasteiger partial charge < -0.3 is 15.0 Å². The van der Waals surface area contributed by atoms with Gasteiger partial charge in [-0.25, -0.2) is 4.79 Å². The number of fused-ring (bicyclic) bond motifs is 2. The molecule has 18 heavy (non-hydrogen) atoms. The Morgan fingerprint density at radius 3 is 2.83 bits per heavy atom. The first-order valence-electron chi connectivity index (χ1n) is 6.32. The number of likely N-dealkylation sites (N-methyl/N-ethyl adjacent to an activating group) is 1. The molecule has 4 heteroatoms. The number of urea groups is 1. The molecule has 96 valence electrons. The minimum atomic E-state index is -0.351. The van der Waals surface area contributed by atoms with E-state index in [1.54, 1.807) is 4.90 Å². The van der Waals surface area contributed by atoms with Gasteiger partial charge in [0, 0.05) is 12.6 Å². The molecule has 0 aromatic heterocycles. The average Bonchev–Trinajstić information content (AvgIpc) is 2.81. The second kappa shape index (κ2) is 3.64. The van der Waals surface area contributed by atoms with E-state index in [9.17, 15) is 4.79 Å². The van der Waals surface area contributed by atoms with E-state index in [-0.39, 0.29) is 11.6 Å². The molecule has 0 aliphatic carbocycles. The number of ether oxygens (including phenoxy) is 1. The molecular weight excluding hydrogens is 228 g/mol. The lowest BCUT2D eigenvalue weighted by Gasteiger charge is -2.20. The molecule has 1 N–H and O–H groups in total. The van der Waals surface area contributed by atoms with Crippen molar-refractivity contribution in [3.05, 3.63) is 29.3 Å². The summed E-state index contributed by atoms with van der Waals surface area (Å²) in [5, 5.41) is 3.05. The average molecular weight is 246 g/mol. The van der Waals surface area contributed by atoms with Crippen LogP contribution in [0.5, 0.6) is 5.75 Å². The molecular formula is C14H18N2O2. The quantitative estimate of drug-likeness (QED) is 0.824. The van der Waals surface area contributed by atoms with Gasteiger partial charge in [0.2, 0.25) is 0 Å². The third-order valence-corrected chi connectivity index (χ3v) is 3.86. The van der Waals surface area contributed by atoms with Crippen molar-refractivity contribution in [2.75, 3.05) is 20.2 Å². The van der Waals surface area contributed by atoms with Crippen LogP contribution in [0.3, 0.4) is 0 Å². The highest BCUT2D eigenvalue weighted by atomic mass is 16.5. The topological polar surface area (TPSA) is 41.6 Å². The van der Waals surface area contributed by atoms with E-state index in [0.717, 1.165) is 11.3 Å². The van der Waals surface area contributed by atoms with Crippen molar-refractivity contribution < 1.29 is 9.53 Å². The molecule has 2 heterocycles. The number of nitrogens with one attached hydrogen (secondary N) is 1. The zero-order chi connectivity index (χ0) is 12.9. The highest BCUT2D eigenvalue weighted by Crippen LogP contribution is 2.41. The van der Waals surface area contributed by atoms with Gasteiger partial charge in [-0.15, -0.1) is 0 Å². The maximum Gasteiger partial charge on any atom is 0.318 e. The number of benzene rings is 1. The summed E-state index contributed by atoms with van der Waals surface area (Å²) in [6.07, 6.45) is 0. The van der Waals surface area contributed by atoms with Crippen LogP contribution in [0.1, 0.15) is 30.9 Å². The van der Waals surface area contributed by atoms with E-state index in [2.05, 4.69) is 37.4 Å². The fourth-order valence-electron chi connectivity index (χ4n) is 2.74. The van der Waals surface area contributed by atoms with Crippen molar-refractivity contribution in [3.8, 4) is 5.75 Å². The molecule has 1 atom stereocenters. The fraction of sp³-hybridized carbons (Fsp3) is 0.500. The SMILES string of the molecule is CC(C)c1ccc2c(c1)OC[C@@]21CN(C)C(=O)N1. The Kier molecular flexibility index (Phi) is 2.30. The molecule has 2 aliphatic heterocycles. The van der Waals surface area contributed by atoms with Crippen LogP contribution >= 0.6 is 0 Å². The van der Waals surface area contributed by atoms with E-state index >= 15 is 0 Å². The standard InChI is InChI=1S/C14H18N2O2/c1-9(2)10-4-5-11-12(6-10)18-8-14(11)7-16(3)13(17)15-14/h4-6,9H,7-8H2,1-3H3,(H,15,17)/t14-/m0/s1. The molecule has 3 rings (SSSR count). The molecule has 1 saturated heterocycles. The lowest BCUT2D eigenvalue weighted by Crippen LogP contribution is -2.41. The van der Waals surface area contributed by atoms with E-state index in [0.29, 0.717) is 19.1 Å². The Hall–Kier alpha value is -1.71. The monoisotopic (exact) mass is 246 g/mol. The Morgan fingerprint density at radius 2 is 2.22 bits per heavy atom. The lowest BCUT2D eigenvalue weighted by atomic mass is 9.91. The second-order valence-electron chi connectivity index (χ2n) is 5.57. The number of amides is 2. The summed E-state index contributed by atoms with van der Waals surface area (Å²) in [5.74, 6) is 1.40. The number of hydrogen-bond donors (Lipinski definition) is 1. The molecule has 2 aliphatic rings. The van der Waals surface area contributed by atoms with Crippen LogP contribution in [0.2, 0.25) is 0 Å². The summed E-state index contributed by atoms with van der Waals surface area (Å²) in [6.45, 7) is 5.52. The molecule has 1 aromatic carbocycles. The zero-order valence-electron chi connectivity index (χ0n) is 11.0. The molecule has 1 fully saturated rings. The number of nitrogens with zero attached hydrogens (tertiary/aromatic N) is 1. The van der Waals surface area contributed by atoms with Gasteiger partial charge in [0.15, 0.2) is 0 Å². The smallest absolute Gasteiger partial charge is 0.318 e. The highest BCUT2D eigenvalue weighted by molar-refractivity contribution is 5.78. The minimum absolute atomic E-state index is 0.0283. The van der Waals surface area contributed by atoms with Crippen molar-refractivity contribution in [1.82, 2.24) is 10.2 Å². The van der Waals surface area contributed by atoms with Crippen LogP contribution < -0.4 is 10.1 Å². The first-order chi connectivity index (χ1) is 8.52. The molecule has 0 radical (unpaired) electrons. The van der Waals surface area contributed by atoms with Crippen molar-refractivity contribution in [3.63, 3.8) is 0 Å². The highest BCUT2D eigenvalue weighted by Gasteiger charge is 2.48. The summed E-state index contributed by atoms with van der Waals surface area (Å²) < 4.78 is 5.78. The Bertz CT molecular complexity index is 513. The minimum Gasteiger partial charge on any atom is -0.490 e. The lowest BCUT2D eigenvalue weighted by molar-refractivity contribution is 0.225. The molecule has 1 aromatic rings. The third-order valence-electron chi connectivity index (χ3n) is 3.86. The van der Waals surface area contributed by atoms with Crippen LogP contribution in [-0.4, -0.2) is 31.1 Å². The van der Waals surface area contributed by atoms with Crippen molar-refractivity contribution in [1.29, 1.82) is 0 Å². The van der Waals surface area contributed by atoms with E-state index < -0.39 is 0 Å². The van der Waals surface area contributed by atoms with Crippen molar-refractivity contribution in [2.45, 2.75) is 25.3 Å². The normalized spacial score (nSPS) is 25.6. The molecule has 0 bridgehead atoms. The number of hydrogen-bond acceptors (Lipinski definition) is 2. The van der Waals surface area contributed by atoms with Gasteiger partial charge in [-0.2, -0.15) is 0 Å². The van der Waals surface area contributed by atoms with Crippen LogP contribution in [0.15, 0.2) is 18.2 Å². The van der Waals surface area contributed by atoms with Gasteiger partial charge in [-0.05, 0) is 17.5 Å². The Morgan fingerprint density at radius 1 is 1.44 bits per heavy atom. The van der Waals surface area contributed by atoms with Crippen LogP contribution in [0.4, 0.5) is 4.79 Å². The maximum absolute atomic E-state index is 11.7. The third kappa shape index (κ3) is 1.48. The molecule has 4 nitrogen and oxygen atoms in total. The summed E-state index contributed by atoms with van der Waals surface area (Å²) in [6, 6.07) is 6.29. The predicted molar refractivity (Wildman–Crippen MR) is 68.9 cm³/mol. The van der Waals surface area contributed by atoms with E-state index in [4.69, 9.17) is 4.74 Å². The van der Waals surface area contributed by atoms with Crippen LogP contribution in [-0.2, 0) is 5.54 Å². The van der Waals surface area contributed by atoms with Crippen molar-refractivity contribution in [2.24, 2.45) is 0 Å². The first-order valence-corrected chi connectivity index (χ1v) is 6.32. The predicted octanol–water partition coefficient (Wildman–Crippen LogP) is 2.05. The molecule has 1 spiro atoms. The number of rotatable bonds is 1. The largest absolute Gasteiger partial charge is 0.490 e. The number of carbonyl (C=O) groups excluding carboxylic acids is 1. The maximum atomic E-state index is 11.7. The van der Waals surface area contributed by atoms with Gasteiger partial charge >= 0.3 is 6.03 Å². The first kappa shape index (κ1) is 11.4. The number of carbonyl (C=O) groups is 1. The summed E-state index contributed by atoms with van der Waals surface area (Å²) in [5.41, 5.74) is 2.02. The van der Waals surface area contributed by atoms with Gasteiger partial charge in [0.05, 0.1) is 6.54 Å². The Labute approximate surface area is 107 Å². The molecule has 0 saturated carbocycles. The van der Waals surface area contributed by atoms with Crippen molar-refractivity contribution >= 4 is 6.03 Å². The molecule has 2 amide bonds. The van der Waals surface area contributed by atoms with Gasteiger partial charge in [-0.3, -0.25) is 0 Å².